The predicted octanol–water partition coefficient (Wildman–Crippen LogP) is 5.56. The molecule has 0 aliphatic heterocycles. The Bertz CT molecular complexity index is 1340. The fraction of sp³-hybridized carbons (Fsp3) is 0.588. The van der Waals surface area contributed by atoms with Crippen molar-refractivity contribution in [2.75, 3.05) is 23.7 Å². The largest absolute Gasteiger partial charge is 0.354 e. The van der Waals surface area contributed by atoms with Crippen LogP contribution in [0, 0.1) is 24.7 Å². The van der Waals surface area contributed by atoms with Crippen LogP contribution in [-0.2, 0) is 31.6 Å². The average Bonchev–Trinajstić information content (AvgIpc) is 2.94. The molecule has 1 unspecified atom stereocenters. The average molecular weight is 594 g/mol. The maximum Gasteiger partial charge on any atom is 0.244 e. The summed E-state index contributed by atoms with van der Waals surface area (Å²) in [6.07, 6.45) is 10.2. The molecule has 2 aromatic rings. The summed E-state index contributed by atoms with van der Waals surface area (Å²) < 4.78 is 27.4. The quantitative estimate of drug-likeness (QED) is 0.349. The number of aryl methyl sites for hydroxylation is 1. The Morgan fingerprint density at radius 2 is 1.50 bits per heavy atom. The van der Waals surface area contributed by atoms with Gasteiger partial charge in [-0.1, -0.05) is 55.8 Å². The smallest absolute Gasteiger partial charge is 0.244 e. The first-order valence-corrected chi connectivity index (χ1v) is 17.6. The number of carbonyl (C=O) groups excluding carboxylic acids is 2. The van der Waals surface area contributed by atoms with Gasteiger partial charge in [-0.3, -0.25) is 13.9 Å². The zero-order valence-electron chi connectivity index (χ0n) is 25.6. The molecule has 7 nitrogen and oxygen atoms in total. The summed E-state index contributed by atoms with van der Waals surface area (Å²) in [6, 6.07) is 15.1. The summed E-state index contributed by atoms with van der Waals surface area (Å²) in [4.78, 5) is 28.6. The molecule has 0 radical (unpaired) electrons. The van der Waals surface area contributed by atoms with Crippen molar-refractivity contribution in [1.82, 2.24) is 10.2 Å². The molecule has 4 aliphatic rings. The summed E-state index contributed by atoms with van der Waals surface area (Å²) in [5.74, 6) is 1.85. The van der Waals surface area contributed by atoms with E-state index in [9.17, 15) is 18.0 Å². The van der Waals surface area contributed by atoms with Crippen molar-refractivity contribution in [3.63, 3.8) is 0 Å². The predicted molar refractivity (Wildman–Crippen MR) is 168 cm³/mol. The number of sulfonamides is 1. The van der Waals surface area contributed by atoms with Gasteiger partial charge in [0.2, 0.25) is 21.8 Å². The summed E-state index contributed by atoms with van der Waals surface area (Å²) >= 11 is 0. The van der Waals surface area contributed by atoms with Gasteiger partial charge in [0.25, 0.3) is 0 Å². The highest BCUT2D eigenvalue weighted by Crippen LogP contribution is 2.60. The number of carbonyl (C=O) groups is 2. The Hall–Kier alpha value is -2.87. The number of nitrogens with one attached hydrogen (secondary N) is 1. The Kier molecular flexibility index (Phi) is 9.02. The normalized spacial score (nSPS) is 25.2. The molecule has 2 amide bonds. The number of rotatable bonds is 12. The maximum atomic E-state index is 14.0. The van der Waals surface area contributed by atoms with Gasteiger partial charge in [0.1, 0.15) is 12.6 Å². The number of hydrogen-bond donors (Lipinski definition) is 1. The highest BCUT2D eigenvalue weighted by molar-refractivity contribution is 7.92. The molecule has 2 aromatic carbocycles. The standard InChI is InChI=1S/C34H47N3O4S/c1-5-15-35-33(39)31(6-2)36(22-25-9-7-24(3)8-10-25)32(38)23-37(42(4,40)41)30-13-11-29(12-14-30)34-19-26-16-27(20-34)18-28(17-26)21-34/h7-14,26-28,31H,5-6,15-23H2,1-4H3,(H,35,39). The molecule has 4 bridgehead atoms. The molecule has 1 N–H and O–H groups in total. The van der Waals surface area contributed by atoms with Gasteiger partial charge in [-0.05, 0) is 105 Å². The Morgan fingerprint density at radius 1 is 0.929 bits per heavy atom. The van der Waals surface area contributed by atoms with Gasteiger partial charge in [-0.15, -0.1) is 0 Å². The lowest BCUT2D eigenvalue weighted by Gasteiger charge is -2.57. The van der Waals surface area contributed by atoms with E-state index in [2.05, 4.69) is 17.4 Å². The van der Waals surface area contributed by atoms with Crippen molar-refractivity contribution >= 4 is 27.5 Å². The lowest BCUT2D eigenvalue weighted by atomic mass is 9.48. The van der Waals surface area contributed by atoms with Gasteiger partial charge in [0.15, 0.2) is 0 Å². The monoisotopic (exact) mass is 593 g/mol. The molecule has 0 aromatic heterocycles. The third-order valence-corrected chi connectivity index (χ3v) is 11.0. The molecule has 0 heterocycles. The van der Waals surface area contributed by atoms with E-state index >= 15 is 0 Å². The Balaban J connectivity index is 1.39. The van der Waals surface area contributed by atoms with Crippen molar-refractivity contribution in [3.8, 4) is 0 Å². The second-order valence-corrected chi connectivity index (χ2v) is 15.1. The maximum absolute atomic E-state index is 14.0. The first-order chi connectivity index (χ1) is 20.0. The minimum absolute atomic E-state index is 0.212. The van der Waals surface area contributed by atoms with E-state index in [1.807, 2.05) is 57.2 Å². The number of nitrogens with zero attached hydrogens (tertiary/aromatic N) is 2. The molecule has 0 spiro atoms. The van der Waals surface area contributed by atoms with Gasteiger partial charge in [0.05, 0.1) is 11.9 Å². The zero-order valence-corrected chi connectivity index (χ0v) is 26.5. The lowest BCUT2D eigenvalue weighted by Crippen LogP contribution is -2.52. The molecule has 0 saturated heterocycles. The Labute approximate surface area is 252 Å². The van der Waals surface area contributed by atoms with E-state index in [1.54, 1.807) is 0 Å². The second kappa shape index (κ2) is 12.4. The second-order valence-electron chi connectivity index (χ2n) is 13.2. The van der Waals surface area contributed by atoms with Gasteiger partial charge in [0, 0.05) is 13.1 Å². The van der Waals surface area contributed by atoms with Gasteiger partial charge >= 0.3 is 0 Å². The molecule has 4 aliphatic carbocycles. The first-order valence-electron chi connectivity index (χ1n) is 15.7. The van der Waals surface area contributed by atoms with E-state index < -0.39 is 22.0 Å². The molecule has 1 atom stereocenters. The molecule has 8 heteroatoms. The number of anilines is 1. The molecule has 42 heavy (non-hydrogen) atoms. The number of hydrogen-bond acceptors (Lipinski definition) is 4. The minimum atomic E-state index is -3.76. The fourth-order valence-corrected chi connectivity index (χ4v) is 9.08. The summed E-state index contributed by atoms with van der Waals surface area (Å²) in [5, 5.41) is 2.92. The fourth-order valence-electron chi connectivity index (χ4n) is 8.23. The van der Waals surface area contributed by atoms with E-state index in [1.165, 1.54) is 53.3 Å². The van der Waals surface area contributed by atoms with Crippen molar-refractivity contribution in [1.29, 1.82) is 0 Å². The van der Waals surface area contributed by atoms with Crippen molar-refractivity contribution in [3.05, 3.63) is 65.2 Å². The van der Waals surface area contributed by atoms with Crippen LogP contribution in [0.1, 0.15) is 81.9 Å². The van der Waals surface area contributed by atoms with Crippen LogP contribution in [0.4, 0.5) is 5.69 Å². The van der Waals surface area contributed by atoms with Crippen molar-refractivity contribution < 1.29 is 18.0 Å². The molecule has 4 fully saturated rings. The van der Waals surface area contributed by atoms with E-state index in [4.69, 9.17) is 0 Å². The van der Waals surface area contributed by atoms with Crippen molar-refractivity contribution in [2.45, 2.75) is 90.1 Å². The molecule has 228 valence electrons. The van der Waals surface area contributed by atoms with E-state index in [0.29, 0.717) is 18.7 Å². The zero-order chi connectivity index (χ0) is 30.1. The van der Waals surface area contributed by atoms with Crippen LogP contribution >= 0.6 is 0 Å². The van der Waals surface area contributed by atoms with Crippen LogP contribution in [0.25, 0.3) is 0 Å². The van der Waals surface area contributed by atoms with Crippen LogP contribution in [0.15, 0.2) is 48.5 Å². The van der Waals surface area contributed by atoms with Gasteiger partial charge in [-0.2, -0.15) is 0 Å². The SMILES string of the molecule is CCCNC(=O)C(CC)N(Cc1ccc(C)cc1)C(=O)CN(c1ccc(C23CC4CC(CC(C4)C2)C3)cc1)S(C)(=O)=O. The minimum Gasteiger partial charge on any atom is -0.354 e. The summed E-state index contributed by atoms with van der Waals surface area (Å²) in [7, 11) is -3.76. The van der Waals surface area contributed by atoms with Gasteiger partial charge < -0.3 is 10.2 Å². The summed E-state index contributed by atoms with van der Waals surface area (Å²) in [6.45, 7) is 6.24. The van der Waals surface area contributed by atoms with Crippen LogP contribution < -0.4 is 9.62 Å². The molecular formula is C34H47N3O4S. The van der Waals surface area contributed by atoms with E-state index in [0.717, 1.165) is 41.6 Å². The molecule has 4 saturated carbocycles. The first kappa shape index (κ1) is 30.6. The van der Waals surface area contributed by atoms with Crippen LogP contribution in [0.5, 0.6) is 0 Å². The van der Waals surface area contributed by atoms with Gasteiger partial charge in [-0.25, -0.2) is 8.42 Å². The third kappa shape index (κ3) is 6.53. The summed E-state index contributed by atoms with van der Waals surface area (Å²) in [5.41, 5.74) is 4.00. The highest BCUT2D eigenvalue weighted by Gasteiger charge is 2.51. The third-order valence-electron chi connectivity index (χ3n) is 9.89. The number of amides is 2. The van der Waals surface area contributed by atoms with Crippen LogP contribution in [0.3, 0.4) is 0 Å². The van der Waals surface area contributed by atoms with Crippen LogP contribution in [-0.4, -0.2) is 50.5 Å². The Morgan fingerprint density at radius 3 is 2.00 bits per heavy atom. The molecular weight excluding hydrogens is 546 g/mol. The topological polar surface area (TPSA) is 86.8 Å². The number of benzene rings is 2. The van der Waals surface area contributed by atoms with E-state index in [-0.39, 0.29) is 24.4 Å². The van der Waals surface area contributed by atoms with Crippen molar-refractivity contribution in [2.24, 2.45) is 17.8 Å². The van der Waals surface area contributed by atoms with Crippen LogP contribution in [0.2, 0.25) is 0 Å². The lowest BCUT2D eigenvalue weighted by molar-refractivity contribution is -0.140. The highest BCUT2D eigenvalue weighted by atomic mass is 32.2. The molecule has 6 rings (SSSR count).